The van der Waals surface area contributed by atoms with Gasteiger partial charge in [0, 0.05) is 18.4 Å². The molecule has 2 nitrogen and oxygen atoms in total. The molecule has 0 aliphatic carbocycles. The maximum absolute atomic E-state index is 12.9. The standard InChI is InChI=1S/C13H19F3N2/c1-4-6-18-12(9(2)3)10-8-17-7-5-11(10)13(14,15)16/h5,7-9,12,18H,4,6H2,1-3H3. The molecule has 0 fully saturated rings. The summed E-state index contributed by atoms with van der Waals surface area (Å²) < 4.78 is 38.8. The van der Waals surface area contributed by atoms with Crippen LogP contribution in [-0.4, -0.2) is 11.5 Å². The van der Waals surface area contributed by atoms with Gasteiger partial charge in [0.15, 0.2) is 0 Å². The number of alkyl halides is 3. The first-order chi connectivity index (χ1) is 8.38. The van der Waals surface area contributed by atoms with Gasteiger partial charge in [-0.2, -0.15) is 13.2 Å². The number of pyridine rings is 1. The number of nitrogens with one attached hydrogen (secondary N) is 1. The molecule has 5 heteroatoms. The van der Waals surface area contributed by atoms with Gasteiger partial charge in [-0.25, -0.2) is 0 Å². The molecule has 0 aromatic carbocycles. The van der Waals surface area contributed by atoms with Crippen LogP contribution in [0, 0.1) is 5.92 Å². The smallest absolute Gasteiger partial charge is 0.310 e. The number of hydrogen-bond acceptors (Lipinski definition) is 2. The van der Waals surface area contributed by atoms with E-state index < -0.39 is 11.7 Å². The molecule has 0 spiro atoms. The summed E-state index contributed by atoms with van der Waals surface area (Å²) in [6.07, 6.45) is -0.955. The Kier molecular flexibility index (Phi) is 5.14. The third-order valence-electron chi connectivity index (χ3n) is 2.77. The topological polar surface area (TPSA) is 24.9 Å². The summed E-state index contributed by atoms with van der Waals surface area (Å²) in [4.78, 5) is 3.83. The molecule has 1 rings (SSSR count). The fourth-order valence-corrected chi connectivity index (χ4v) is 1.92. The second kappa shape index (κ2) is 6.18. The lowest BCUT2D eigenvalue weighted by Gasteiger charge is -2.25. The third-order valence-corrected chi connectivity index (χ3v) is 2.77. The Labute approximate surface area is 106 Å². The van der Waals surface area contributed by atoms with E-state index in [0.717, 1.165) is 12.5 Å². The molecular weight excluding hydrogens is 241 g/mol. The molecule has 1 aromatic rings. The Bertz CT molecular complexity index is 375. The highest BCUT2D eigenvalue weighted by atomic mass is 19.4. The van der Waals surface area contributed by atoms with Crippen molar-refractivity contribution in [1.82, 2.24) is 10.3 Å². The lowest BCUT2D eigenvalue weighted by atomic mass is 9.93. The maximum atomic E-state index is 12.9. The second-order valence-electron chi connectivity index (χ2n) is 4.64. The Morgan fingerprint density at radius 2 is 2.00 bits per heavy atom. The van der Waals surface area contributed by atoms with Crippen molar-refractivity contribution < 1.29 is 13.2 Å². The number of aromatic nitrogens is 1. The summed E-state index contributed by atoms with van der Waals surface area (Å²) in [5, 5.41) is 3.16. The Balaban J connectivity index is 3.11. The van der Waals surface area contributed by atoms with E-state index in [0.29, 0.717) is 6.54 Å². The van der Waals surface area contributed by atoms with Crippen molar-refractivity contribution in [2.75, 3.05) is 6.54 Å². The van der Waals surface area contributed by atoms with Crippen LogP contribution in [0.1, 0.15) is 44.4 Å². The van der Waals surface area contributed by atoms with Crippen LogP contribution in [0.2, 0.25) is 0 Å². The van der Waals surface area contributed by atoms with Crippen LogP contribution in [0.25, 0.3) is 0 Å². The molecule has 1 N–H and O–H groups in total. The van der Waals surface area contributed by atoms with E-state index >= 15 is 0 Å². The molecule has 18 heavy (non-hydrogen) atoms. The third kappa shape index (κ3) is 3.70. The van der Waals surface area contributed by atoms with Crippen LogP contribution < -0.4 is 5.32 Å². The zero-order valence-electron chi connectivity index (χ0n) is 10.9. The van der Waals surface area contributed by atoms with Gasteiger partial charge in [0.05, 0.1) is 5.56 Å². The molecule has 1 atom stereocenters. The van der Waals surface area contributed by atoms with Gasteiger partial charge in [0.25, 0.3) is 0 Å². The van der Waals surface area contributed by atoms with Crippen LogP contribution in [-0.2, 0) is 6.18 Å². The van der Waals surface area contributed by atoms with Crippen molar-refractivity contribution in [3.8, 4) is 0 Å². The summed E-state index contributed by atoms with van der Waals surface area (Å²) in [5.41, 5.74) is -0.367. The number of halogens is 3. The van der Waals surface area contributed by atoms with Gasteiger partial charge in [-0.15, -0.1) is 0 Å². The van der Waals surface area contributed by atoms with Crippen molar-refractivity contribution in [1.29, 1.82) is 0 Å². The van der Waals surface area contributed by atoms with Gasteiger partial charge in [0.2, 0.25) is 0 Å². The van der Waals surface area contributed by atoms with Gasteiger partial charge >= 0.3 is 6.18 Å². The van der Waals surface area contributed by atoms with E-state index in [4.69, 9.17) is 0 Å². The molecule has 0 radical (unpaired) electrons. The quantitative estimate of drug-likeness (QED) is 0.871. The SMILES string of the molecule is CCCNC(c1cnccc1C(F)(F)F)C(C)C. The van der Waals surface area contributed by atoms with Crippen molar-refractivity contribution in [2.45, 2.75) is 39.4 Å². The minimum absolute atomic E-state index is 0.0712. The molecule has 0 amide bonds. The lowest BCUT2D eigenvalue weighted by molar-refractivity contribution is -0.138. The van der Waals surface area contributed by atoms with E-state index in [9.17, 15) is 13.2 Å². The minimum Gasteiger partial charge on any atom is -0.310 e. The van der Waals surface area contributed by atoms with Crippen molar-refractivity contribution in [2.24, 2.45) is 5.92 Å². The first-order valence-corrected chi connectivity index (χ1v) is 6.12. The highest BCUT2D eigenvalue weighted by molar-refractivity contribution is 5.29. The lowest BCUT2D eigenvalue weighted by Crippen LogP contribution is -2.28. The molecule has 0 bridgehead atoms. The van der Waals surface area contributed by atoms with Crippen LogP contribution in [0.4, 0.5) is 13.2 Å². The van der Waals surface area contributed by atoms with E-state index in [1.807, 2.05) is 20.8 Å². The molecule has 1 unspecified atom stereocenters. The molecule has 1 heterocycles. The van der Waals surface area contributed by atoms with Gasteiger partial charge in [0.1, 0.15) is 0 Å². The monoisotopic (exact) mass is 260 g/mol. The highest BCUT2D eigenvalue weighted by Gasteiger charge is 2.35. The van der Waals surface area contributed by atoms with Crippen LogP contribution in [0.3, 0.4) is 0 Å². The summed E-state index contributed by atoms with van der Waals surface area (Å²) in [6, 6.07) is 0.716. The van der Waals surface area contributed by atoms with E-state index in [2.05, 4.69) is 10.3 Å². The van der Waals surface area contributed by atoms with Gasteiger partial charge in [-0.3, -0.25) is 4.98 Å². The molecule has 0 saturated heterocycles. The Morgan fingerprint density at radius 1 is 1.33 bits per heavy atom. The van der Waals surface area contributed by atoms with Gasteiger partial charge < -0.3 is 5.32 Å². The first kappa shape index (κ1) is 15.0. The Hall–Kier alpha value is -1.10. The first-order valence-electron chi connectivity index (χ1n) is 6.12. The zero-order valence-corrected chi connectivity index (χ0v) is 10.9. The highest BCUT2D eigenvalue weighted by Crippen LogP contribution is 2.35. The molecular formula is C13H19F3N2. The molecule has 0 saturated carbocycles. The van der Waals surface area contributed by atoms with Gasteiger partial charge in [-0.1, -0.05) is 20.8 Å². The van der Waals surface area contributed by atoms with Gasteiger partial charge in [-0.05, 0) is 30.5 Å². The largest absolute Gasteiger partial charge is 0.416 e. The van der Waals surface area contributed by atoms with Crippen LogP contribution in [0.5, 0.6) is 0 Å². The van der Waals surface area contributed by atoms with E-state index in [-0.39, 0.29) is 17.5 Å². The van der Waals surface area contributed by atoms with Crippen molar-refractivity contribution in [3.63, 3.8) is 0 Å². The summed E-state index contributed by atoms with van der Waals surface area (Å²) >= 11 is 0. The fourth-order valence-electron chi connectivity index (χ4n) is 1.92. The zero-order chi connectivity index (χ0) is 13.8. The second-order valence-corrected chi connectivity index (χ2v) is 4.64. The maximum Gasteiger partial charge on any atom is 0.416 e. The summed E-state index contributed by atoms with van der Waals surface area (Å²) in [6.45, 7) is 6.48. The van der Waals surface area contributed by atoms with Crippen molar-refractivity contribution in [3.05, 3.63) is 29.6 Å². The number of nitrogens with zero attached hydrogens (tertiary/aromatic N) is 1. The molecule has 1 aromatic heterocycles. The molecule has 0 aliphatic heterocycles. The van der Waals surface area contributed by atoms with E-state index in [1.165, 1.54) is 12.4 Å². The minimum atomic E-state index is -4.33. The number of hydrogen-bond donors (Lipinski definition) is 1. The van der Waals surface area contributed by atoms with E-state index in [1.54, 1.807) is 0 Å². The predicted octanol–water partition coefficient (Wildman–Crippen LogP) is 3.80. The summed E-state index contributed by atoms with van der Waals surface area (Å²) in [7, 11) is 0. The number of rotatable bonds is 5. The fraction of sp³-hybridized carbons (Fsp3) is 0.615. The Morgan fingerprint density at radius 3 is 2.50 bits per heavy atom. The van der Waals surface area contributed by atoms with Crippen molar-refractivity contribution >= 4 is 0 Å². The molecule has 0 aliphatic rings. The van der Waals surface area contributed by atoms with Crippen LogP contribution in [0.15, 0.2) is 18.5 Å². The normalized spacial score (nSPS) is 13.9. The average molecular weight is 260 g/mol. The average Bonchev–Trinajstić information content (AvgIpc) is 2.28. The predicted molar refractivity (Wildman–Crippen MR) is 65.1 cm³/mol. The summed E-state index contributed by atoms with van der Waals surface area (Å²) in [5.74, 6) is 0.0712. The molecule has 102 valence electrons. The van der Waals surface area contributed by atoms with Crippen LogP contribution >= 0.6 is 0 Å².